The molecule has 0 aliphatic carbocycles. The van der Waals surface area contributed by atoms with Gasteiger partial charge in [-0.2, -0.15) is 0 Å². The van der Waals surface area contributed by atoms with Crippen LogP contribution >= 0.6 is 0 Å². The Labute approximate surface area is 190 Å². The largest absolute Gasteiger partial charge is 0.459 e. The maximum absolute atomic E-state index is 12.5. The predicted octanol–water partition coefficient (Wildman–Crippen LogP) is 3.05. The van der Waals surface area contributed by atoms with Gasteiger partial charge in [-0.1, -0.05) is 0 Å². The normalized spacial score (nSPS) is 13.8. The average Bonchev–Trinajstić information content (AvgIpc) is 3.37. The highest BCUT2D eigenvalue weighted by Crippen LogP contribution is 2.16. The molecule has 170 valence electrons. The Hall–Kier alpha value is -3.95. The molecule has 3 amide bonds. The van der Waals surface area contributed by atoms with Crippen LogP contribution < -0.4 is 16.0 Å². The van der Waals surface area contributed by atoms with Crippen molar-refractivity contribution in [1.29, 1.82) is 0 Å². The first kappa shape index (κ1) is 22.3. The molecule has 2 aromatic carbocycles. The molecule has 3 N–H and O–H groups in total. The van der Waals surface area contributed by atoms with E-state index in [9.17, 15) is 14.4 Å². The average molecular weight is 448 g/mol. The molecule has 1 saturated heterocycles. The van der Waals surface area contributed by atoms with Crippen LogP contribution in [0.1, 0.15) is 20.9 Å². The predicted molar refractivity (Wildman–Crippen MR) is 123 cm³/mol. The zero-order chi connectivity index (χ0) is 23.0. The van der Waals surface area contributed by atoms with E-state index in [1.54, 1.807) is 60.7 Å². The molecule has 1 aliphatic heterocycles. The zero-order valence-electron chi connectivity index (χ0n) is 17.9. The Bertz CT molecular complexity index is 1090. The summed E-state index contributed by atoms with van der Waals surface area (Å²) in [6.45, 7) is 3.10. The summed E-state index contributed by atoms with van der Waals surface area (Å²) in [5, 5.41) is 8.37. The molecule has 9 nitrogen and oxygen atoms in total. The van der Waals surface area contributed by atoms with Crippen molar-refractivity contribution >= 4 is 34.8 Å². The Morgan fingerprint density at radius 2 is 1.33 bits per heavy atom. The number of anilines is 3. The van der Waals surface area contributed by atoms with E-state index >= 15 is 0 Å². The van der Waals surface area contributed by atoms with Crippen molar-refractivity contribution in [1.82, 2.24) is 4.90 Å². The van der Waals surface area contributed by atoms with Crippen LogP contribution in [0.3, 0.4) is 0 Å². The first-order valence-electron chi connectivity index (χ1n) is 10.5. The number of morpholine rings is 1. The van der Waals surface area contributed by atoms with Crippen LogP contribution in [0.4, 0.5) is 17.1 Å². The summed E-state index contributed by atoms with van der Waals surface area (Å²) >= 11 is 0. The number of benzene rings is 2. The molecule has 0 bridgehead atoms. The minimum Gasteiger partial charge on any atom is -0.459 e. The van der Waals surface area contributed by atoms with Gasteiger partial charge in [0, 0.05) is 35.7 Å². The van der Waals surface area contributed by atoms with Gasteiger partial charge in [0.2, 0.25) is 5.91 Å². The van der Waals surface area contributed by atoms with Crippen molar-refractivity contribution in [2.24, 2.45) is 0 Å². The first-order chi connectivity index (χ1) is 16.1. The summed E-state index contributed by atoms with van der Waals surface area (Å²) in [6, 6.07) is 16.6. The number of carbonyl (C=O) groups is 3. The summed E-state index contributed by atoms with van der Waals surface area (Å²) in [5.41, 5.74) is 2.24. The lowest BCUT2D eigenvalue weighted by Crippen LogP contribution is -2.41. The first-order valence-corrected chi connectivity index (χ1v) is 10.5. The number of carbonyl (C=O) groups excluding carboxylic acids is 3. The topological polar surface area (TPSA) is 113 Å². The Morgan fingerprint density at radius 1 is 0.758 bits per heavy atom. The van der Waals surface area contributed by atoms with E-state index in [0.29, 0.717) is 42.4 Å². The Balaban J connectivity index is 1.27. The quantitative estimate of drug-likeness (QED) is 0.512. The lowest BCUT2D eigenvalue weighted by molar-refractivity contribution is -0.118. The minimum atomic E-state index is -0.366. The van der Waals surface area contributed by atoms with E-state index < -0.39 is 0 Å². The zero-order valence-corrected chi connectivity index (χ0v) is 17.9. The van der Waals surface area contributed by atoms with Crippen LogP contribution in [0, 0.1) is 0 Å². The molecule has 4 rings (SSSR count). The number of nitrogens with zero attached hydrogens (tertiary/aromatic N) is 1. The lowest BCUT2D eigenvalue weighted by Gasteiger charge is -2.25. The van der Waals surface area contributed by atoms with Crippen LogP contribution in [-0.2, 0) is 9.53 Å². The number of hydrogen-bond acceptors (Lipinski definition) is 6. The fraction of sp³-hybridized carbons (Fsp3) is 0.208. The maximum atomic E-state index is 12.5. The molecule has 1 fully saturated rings. The second-order valence-electron chi connectivity index (χ2n) is 7.48. The van der Waals surface area contributed by atoms with Gasteiger partial charge in [0.25, 0.3) is 11.8 Å². The van der Waals surface area contributed by atoms with Crippen LogP contribution in [-0.4, -0.2) is 55.5 Å². The summed E-state index contributed by atoms with van der Waals surface area (Å²) in [6.07, 6.45) is 1.42. The fourth-order valence-corrected chi connectivity index (χ4v) is 3.31. The highest BCUT2D eigenvalue weighted by atomic mass is 16.5. The van der Waals surface area contributed by atoms with Crippen molar-refractivity contribution in [2.75, 3.05) is 48.8 Å². The molecule has 1 aromatic heterocycles. The molecule has 0 atom stereocenters. The van der Waals surface area contributed by atoms with Gasteiger partial charge in [-0.25, -0.2) is 0 Å². The number of amides is 3. The smallest absolute Gasteiger partial charge is 0.291 e. The monoisotopic (exact) mass is 448 g/mol. The number of ether oxygens (including phenoxy) is 1. The van der Waals surface area contributed by atoms with Crippen LogP contribution in [0.25, 0.3) is 0 Å². The van der Waals surface area contributed by atoms with Gasteiger partial charge in [0.1, 0.15) is 0 Å². The van der Waals surface area contributed by atoms with Gasteiger partial charge in [-0.3, -0.25) is 19.3 Å². The van der Waals surface area contributed by atoms with Crippen molar-refractivity contribution in [3.05, 3.63) is 78.3 Å². The SMILES string of the molecule is O=C(CN1CCOCC1)Nc1ccc(NC(=O)c2ccc(NC(=O)c3ccco3)cc2)cc1. The summed E-state index contributed by atoms with van der Waals surface area (Å²) in [5.74, 6) is -0.539. The van der Waals surface area contributed by atoms with E-state index in [1.165, 1.54) is 6.26 Å². The Kier molecular flexibility index (Phi) is 7.13. The van der Waals surface area contributed by atoms with E-state index in [1.807, 2.05) is 4.90 Å². The van der Waals surface area contributed by atoms with Crippen molar-refractivity contribution in [3.8, 4) is 0 Å². The number of nitrogens with one attached hydrogen (secondary N) is 3. The molecule has 9 heteroatoms. The highest BCUT2D eigenvalue weighted by molar-refractivity contribution is 6.05. The minimum absolute atomic E-state index is 0.0899. The fourth-order valence-electron chi connectivity index (χ4n) is 3.31. The van der Waals surface area contributed by atoms with Crippen molar-refractivity contribution < 1.29 is 23.5 Å². The molecule has 0 saturated carbocycles. The van der Waals surface area contributed by atoms with E-state index in [2.05, 4.69) is 16.0 Å². The second kappa shape index (κ2) is 10.6. The summed E-state index contributed by atoms with van der Waals surface area (Å²) in [7, 11) is 0. The molecule has 1 aliphatic rings. The lowest BCUT2D eigenvalue weighted by atomic mass is 10.2. The van der Waals surface area contributed by atoms with Crippen LogP contribution in [0.2, 0.25) is 0 Å². The number of furan rings is 1. The molecular formula is C24H24N4O5. The summed E-state index contributed by atoms with van der Waals surface area (Å²) < 4.78 is 10.3. The van der Waals surface area contributed by atoms with E-state index in [-0.39, 0.29) is 23.5 Å². The Morgan fingerprint density at radius 3 is 1.94 bits per heavy atom. The third-order valence-electron chi connectivity index (χ3n) is 5.05. The van der Waals surface area contributed by atoms with E-state index in [4.69, 9.17) is 9.15 Å². The summed E-state index contributed by atoms with van der Waals surface area (Å²) in [4.78, 5) is 38.8. The number of rotatable bonds is 7. The molecule has 0 radical (unpaired) electrons. The van der Waals surface area contributed by atoms with Gasteiger partial charge in [-0.15, -0.1) is 0 Å². The maximum Gasteiger partial charge on any atom is 0.291 e. The molecule has 0 unspecified atom stereocenters. The van der Waals surface area contributed by atoms with Gasteiger partial charge in [0.15, 0.2) is 5.76 Å². The van der Waals surface area contributed by atoms with Crippen LogP contribution in [0.15, 0.2) is 71.3 Å². The van der Waals surface area contributed by atoms with Gasteiger partial charge in [-0.05, 0) is 60.7 Å². The van der Waals surface area contributed by atoms with Crippen molar-refractivity contribution in [3.63, 3.8) is 0 Å². The van der Waals surface area contributed by atoms with Gasteiger partial charge < -0.3 is 25.1 Å². The highest BCUT2D eigenvalue weighted by Gasteiger charge is 2.14. The second-order valence-corrected chi connectivity index (χ2v) is 7.48. The molecule has 0 spiro atoms. The number of hydrogen-bond donors (Lipinski definition) is 3. The molecule has 3 aromatic rings. The van der Waals surface area contributed by atoms with Gasteiger partial charge >= 0.3 is 0 Å². The third kappa shape index (κ3) is 6.28. The van der Waals surface area contributed by atoms with Crippen molar-refractivity contribution in [2.45, 2.75) is 0 Å². The third-order valence-corrected chi connectivity index (χ3v) is 5.05. The molecular weight excluding hydrogens is 424 g/mol. The molecule has 2 heterocycles. The standard InChI is InChI=1S/C24H24N4O5/c29-22(16-28-11-14-32-15-12-28)25-18-7-9-20(10-8-18)26-23(30)17-3-5-19(6-4-17)27-24(31)21-2-1-13-33-21/h1-10,13H,11-12,14-16H2,(H,25,29)(H,26,30)(H,27,31). The van der Waals surface area contributed by atoms with Crippen LogP contribution in [0.5, 0.6) is 0 Å². The molecule has 33 heavy (non-hydrogen) atoms. The van der Waals surface area contributed by atoms with Gasteiger partial charge in [0.05, 0.1) is 26.0 Å². The van der Waals surface area contributed by atoms with E-state index in [0.717, 1.165) is 13.1 Å².